The summed E-state index contributed by atoms with van der Waals surface area (Å²) in [5.41, 5.74) is 0.222. The van der Waals surface area contributed by atoms with Gasteiger partial charge in [-0.1, -0.05) is 6.07 Å². The molecule has 8 nitrogen and oxygen atoms in total. The second-order valence-electron chi connectivity index (χ2n) is 5.85. The number of sulfone groups is 1. The fourth-order valence-electron chi connectivity index (χ4n) is 2.50. The Morgan fingerprint density at radius 2 is 2.12 bits per heavy atom. The summed E-state index contributed by atoms with van der Waals surface area (Å²) in [5, 5.41) is 2.68. The van der Waals surface area contributed by atoms with Crippen molar-refractivity contribution in [2.24, 2.45) is 0 Å². The number of rotatable bonds is 8. The fourth-order valence-corrected chi connectivity index (χ4v) is 5.60. The third-order valence-corrected chi connectivity index (χ3v) is 7.06. The summed E-state index contributed by atoms with van der Waals surface area (Å²) in [6.45, 7) is 0.935. The van der Waals surface area contributed by atoms with Crippen LogP contribution in [0.25, 0.3) is 0 Å². The molecule has 1 aliphatic rings. The Morgan fingerprint density at radius 3 is 2.76 bits per heavy atom. The van der Waals surface area contributed by atoms with Crippen LogP contribution in [0.15, 0.2) is 29.2 Å². The van der Waals surface area contributed by atoms with Crippen molar-refractivity contribution in [2.75, 3.05) is 31.8 Å². The van der Waals surface area contributed by atoms with E-state index >= 15 is 0 Å². The average Bonchev–Trinajstić information content (AvgIpc) is 2.89. The van der Waals surface area contributed by atoms with E-state index in [9.17, 15) is 21.6 Å². The largest absolute Gasteiger partial charge is 0.385 e. The van der Waals surface area contributed by atoms with Gasteiger partial charge in [0.05, 0.1) is 16.4 Å². The van der Waals surface area contributed by atoms with Crippen molar-refractivity contribution in [3.05, 3.63) is 29.8 Å². The second-order valence-corrected chi connectivity index (χ2v) is 9.79. The molecule has 0 spiro atoms. The van der Waals surface area contributed by atoms with Gasteiger partial charge in [0, 0.05) is 31.9 Å². The van der Waals surface area contributed by atoms with Crippen LogP contribution in [-0.2, 0) is 24.6 Å². The Bertz CT molecular complexity index is 820. The molecule has 1 saturated heterocycles. The molecule has 1 heterocycles. The number of hydrogen-bond acceptors (Lipinski definition) is 6. The van der Waals surface area contributed by atoms with E-state index in [0.29, 0.717) is 19.6 Å². The van der Waals surface area contributed by atoms with Crippen molar-refractivity contribution in [2.45, 2.75) is 23.8 Å². The van der Waals surface area contributed by atoms with E-state index in [1.165, 1.54) is 24.3 Å². The third-order valence-electron chi connectivity index (χ3n) is 3.77. The van der Waals surface area contributed by atoms with Gasteiger partial charge in [-0.15, -0.1) is 0 Å². The number of carbonyl (C=O) groups excluding carboxylic acids is 1. The SMILES string of the molecule is COCCCNC(=O)c1cccc(S(=O)(=O)NC2CCS(=O)(=O)C2)c1. The number of ether oxygens (including phenoxy) is 1. The maximum atomic E-state index is 12.4. The van der Waals surface area contributed by atoms with E-state index in [1.54, 1.807) is 7.11 Å². The van der Waals surface area contributed by atoms with Crippen LogP contribution in [0.3, 0.4) is 0 Å². The van der Waals surface area contributed by atoms with E-state index < -0.39 is 25.9 Å². The Morgan fingerprint density at radius 1 is 1.36 bits per heavy atom. The van der Waals surface area contributed by atoms with Crippen molar-refractivity contribution in [3.8, 4) is 0 Å². The number of carbonyl (C=O) groups is 1. The lowest BCUT2D eigenvalue weighted by atomic mass is 10.2. The van der Waals surface area contributed by atoms with E-state index in [4.69, 9.17) is 4.74 Å². The lowest BCUT2D eigenvalue weighted by Crippen LogP contribution is -2.35. The van der Waals surface area contributed by atoms with Gasteiger partial charge in [-0.25, -0.2) is 21.6 Å². The van der Waals surface area contributed by atoms with E-state index in [2.05, 4.69) is 10.0 Å². The van der Waals surface area contributed by atoms with Gasteiger partial charge in [-0.05, 0) is 31.0 Å². The van der Waals surface area contributed by atoms with Crippen LogP contribution in [0.4, 0.5) is 0 Å². The molecule has 0 aromatic heterocycles. The molecule has 0 bridgehead atoms. The van der Waals surface area contributed by atoms with Gasteiger partial charge in [-0.3, -0.25) is 4.79 Å². The molecule has 0 saturated carbocycles. The summed E-state index contributed by atoms with van der Waals surface area (Å²) in [4.78, 5) is 12.0. The standard InChI is InChI=1S/C15H22N2O6S2/c1-23-8-3-7-16-15(18)12-4-2-5-14(10-12)25(21,22)17-13-6-9-24(19,20)11-13/h2,4-5,10,13,17H,3,6-9,11H2,1H3,(H,16,18). The monoisotopic (exact) mass is 390 g/mol. The van der Waals surface area contributed by atoms with E-state index in [0.717, 1.165) is 0 Å². The first-order valence-electron chi connectivity index (χ1n) is 7.83. The van der Waals surface area contributed by atoms with Crippen LogP contribution >= 0.6 is 0 Å². The van der Waals surface area contributed by atoms with Crippen molar-refractivity contribution in [3.63, 3.8) is 0 Å². The number of hydrogen-bond donors (Lipinski definition) is 2. The topological polar surface area (TPSA) is 119 Å². The molecule has 1 fully saturated rings. The fraction of sp³-hybridized carbons (Fsp3) is 0.533. The Kier molecular flexibility index (Phi) is 6.55. The molecule has 140 valence electrons. The first-order chi connectivity index (χ1) is 11.7. The number of benzene rings is 1. The quantitative estimate of drug-likeness (QED) is 0.599. The zero-order chi connectivity index (χ0) is 18.5. The van der Waals surface area contributed by atoms with Crippen LogP contribution in [0, 0.1) is 0 Å². The summed E-state index contributed by atoms with van der Waals surface area (Å²) in [7, 11) is -5.51. The van der Waals surface area contributed by atoms with Crippen LogP contribution in [-0.4, -0.2) is 60.6 Å². The van der Waals surface area contributed by atoms with Crippen LogP contribution in [0.1, 0.15) is 23.2 Å². The highest BCUT2D eigenvalue weighted by Gasteiger charge is 2.31. The molecule has 0 radical (unpaired) electrons. The molecule has 1 aromatic carbocycles. The van der Waals surface area contributed by atoms with Crippen molar-refractivity contribution < 1.29 is 26.4 Å². The highest BCUT2D eigenvalue weighted by atomic mass is 32.2. The molecule has 2 N–H and O–H groups in total. The molecular weight excluding hydrogens is 368 g/mol. The van der Waals surface area contributed by atoms with Crippen LogP contribution in [0.5, 0.6) is 0 Å². The lowest BCUT2D eigenvalue weighted by Gasteiger charge is -2.12. The number of amides is 1. The molecule has 10 heteroatoms. The Balaban J connectivity index is 2.05. The van der Waals surface area contributed by atoms with Gasteiger partial charge in [0.25, 0.3) is 5.91 Å². The molecule has 1 atom stereocenters. The summed E-state index contributed by atoms with van der Waals surface area (Å²) in [5.74, 6) is -0.604. The van der Waals surface area contributed by atoms with Crippen molar-refractivity contribution >= 4 is 25.8 Å². The second kappa shape index (κ2) is 8.26. The summed E-state index contributed by atoms with van der Waals surface area (Å²) in [6.07, 6.45) is 0.902. The Hall–Kier alpha value is -1.49. The maximum absolute atomic E-state index is 12.4. The predicted molar refractivity (Wildman–Crippen MR) is 92.6 cm³/mol. The zero-order valence-corrected chi connectivity index (χ0v) is 15.5. The summed E-state index contributed by atoms with van der Waals surface area (Å²) < 4.78 is 55.0. The molecule has 1 unspecified atom stereocenters. The smallest absolute Gasteiger partial charge is 0.251 e. The summed E-state index contributed by atoms with van der Waals surface area (Å²) >= 11 is 0. The Labute approximate surface area is 147 Å². The van der Waals surface area contributed by atoms with Crippen LogP contribution < -0.4 is 10.0 Å². The highest BCUT2D eigenvalue weighted by Crippen LogP contribution is 2.17. The number of methoxy groups -OCH3 is 1. The van der Waals surface area contributed by atoms with Gasteiger partial charge in [0.2, 0.25) is 10.0 Å². The van der Waals surface area contributed by atoms with Crippen molar-refractivity contribution in [1.29, 1.82) is 0 Å². The van der Waals surface area contributed by atoms with Gasteiger partial charge < -0.3 is 10.1 Å². The molecule has 1 aliphatic heterocycles. The predicted octanol–water partition coefficient (Wildman–Crippen LogP) is -0.0817. The van der Waals surface area contributed by atoms with E-state index in [-0.39, 0.29) is 34.3 Å². The summed E-state index contributed by atoms with van der Waals surface area (Å²) in [6, 6.07) is 5.00. The van der Waals surface area contributed by atoms with Crippen molar-refractivity contribution in [1.82, 2.24) is 10.0 Å². The third kappa shape index (κ3) is 5.77. The number of sulfonamides is 1. The molecule has 2 rings (SSSR count). The molecular formula is C15H22N2O6S2. The van der Waals surface area contributed by atoms with Gasteiger partial charge in [0.15, 0.2) is 9.84 Å². The lowest BCUT2D eigenvalue weighted by molar-refractivity contribution is 0.0948. The molecule has 25 heavy (non-hydrogen) atoms. The normalized spacial score (nSPS) is 19.6. The first kappa shape index (κ1) is 19.8. The minimum Gasteiger partial charge on any atom is -0.385 e. The minimum atomic E-state index is -3.89. The van der Waals surface area contributed by atoms with Gasteiger partial charge >= 0.3 is 0 Å². The zero-order valence-electron chi connectivity index (χ0n) is 13.9. The molecule has 1 aromatic rings. The molecule has 0 aliphatic carbocycles. The number of nitrogens with one attached hydrogen (secondary N) is 2. The van der Waals surface area contributed by atoms with Gasteiger partial charge in [0.1, 0.15) is 0 Å². The first-order valence-corrected chi connectivity index (χ1v) is 11.1. The van der Waals surface area contributed by atoms with Crippen LogP contribution in [0.2, 0.25) is 0 Å². The maximum Gasteiger partial charge on any atom is 0.251 e. The highest BCUT2D eigenvalue weighted by molar-refractivity contribution is 7.92. The average molecular weight is 390 g/mol. The molecule has 1 amide bonds. The minimum absolute atomic E-state index is 0.0237. The van der Waals surface area contributed by atoms with E-state index in [1.807, 2.05) is 0 Å². The van der Waals surface area contributed by atoms with Gasteiger partial charge in [-0.2, -0.15) is 0 Å².